The van der Waals surface area contributed by atoms with E-state index in [0.717, 1.165) is 25.3 Å². The fourth-order valence-corrected chi connectivity index (χ4v) is 3.70. The lowest BCUT2D eigenvalue weighted by Crippen LogP contribution is -2.50. The number of para-hydroxylation sites is 1. The fourth-order valence-electron chi connectivity index (χ4n) is 3.53. The van der Waals surface area contributed by atoms with Crippen LogP contribution in [0.5, 0.6) is 0 Å². The van der Waals surface area contributed by atoms with Crippen molar-refractivity contribution >= 4 is 35.0 Å². The Kier molecular flexibility index (Phi) is 6.68. The molecule has 8 heteroatoms. The Hall–Kier alpha value is -2.12. The molecule has 1 aromatic rings. The first-order chi connectivity index (χ1) is 13.1. The van der Waals surface area contributed by atoms with Crippen molar-refractivity contribution in [1.29, 1.82) is 0 Å². The molecule has 2 saturated heterocycles. The summed E-state index contributed by atoms with van der Waals surface area (Å²) < 4.78 is 0. The third-order valence-electron chi connectivity index (χ3n) is 5.13. The molecule has 1 atom stereocenters. The van der Waals surface area contributed by atoms with Gasteiger partial charge in [-0.15, -0.1) is 11.6 Å². The molecule has 2 fully saturated rings. The topological polar surface area (TPSA) is 73.0 Å². The standard InChI is InChI=1S/C19H25ClN4O3/c20-13-18(26)23-10-8-22(9-11-23)7-6-21-19(27)15-12-17(25)24(14-15)16-4-2-1-3-5-16/h1-5,15H,6-14H2,(H,21,27). The van der Waals surface area contributed by atoms with Crippen molar-refractivity contribution in [3.05, 3.63) is 30.3 Å². The Labute approximate surface area is 164 Å². The number of anilines is 1. The monoisotopic (exact) mass is 392 g/mol. The number of benzene rings is 1. The summed E-state index contributed by atoms with van der Waals surface area (Å²) in [6, 6.07) is 9.44. The lowest BCUT2D eigenvalue weighted by Gasteiger charge is -2.34. The van der Waals surface area contributed by atoms with Gasteiger partial charge in [0.05, 0.1) is 5.92 Å². The van der Waals surface area contributed by atoms with Crippen LogP contribution in [-0.2, 0) is 14.4 Å². The van der Waals surface area contributed by atoms with E-state index in [1.54, 1.807) is 9.80 Å². The molecule has 2 aliphatic heterocycles. The van der Waals surface area contributed by atoms with Crippen LogP contribution in [0.3, 0.4) is 0 Å². The quantitative estimate of drug-likeness (QED) is 0.717. The second-order valence-corrected chi connectivity index (χ2v) is 7.16. The van der Waals surface area contributed by atoms with Gasteiger partial charge in [-0.25, -0.2) is 0 Å². The highest BCUT2D eigenvalue weighted by atomic mass is 35.5. The first-order valence-electron chi connectivity index (χ1n) is 9.27. The molecule has 3 rings (SSSR count). The summed E-state index contributed by atoms with van der Waals surface area (Å²) >= 11 is 5.58. The summed E-state index contributed by atoms with van der Waals surface area (Å²) in [6.45, 7) is 4.60. The fraction of sp³-hybridized carbons (Fsp3) is 0.526. The van der Waals surface area contributed by atoms with Gasteiger partial charge in [-0.1, -0.05) is 18.2 Å². The maximum Gasteiger partial charge on any atom is 0.237 e. The van der Waals surface area contributed by atoms with Crippen LogP contribution in [0.4, 0.5) is 5.69 Å². The van der Waals surface area contributed by atoms with Gasteiger partial charge in [0.1, 0.15) is 5.88 Å². The molecule has 0 aromatic heterocycles. The minimum absolute atomic E-state index is 0.0126. The highest BCUT2D eigenvalue weighted by Gasteiger charge is 2.34. The van der Waals surface area contributed by atoms with Crippen molar-refractivity contribution in [2.75, 3.05) is 56.6 Å². The molecule has 0 saturated carbocycles. The van der Waals surface area contributed by atoms with Gasteiger partial charge in [-0.3, -0.25) is 19.3 Å². The lowest BCUT2D eigenvalue weighted by molar-refractivity contribution is -0.130. The van der Waals surface area contributed by atoms with E-state index in [0.29, 0.717) is 26.2 Å². The molecule has 7 nitrogen and oxygen atoms in total. The number of piperazine rings is 1. The van der Waals surface area contributed by atoms with Crippen molar-refractivity contribution in [3.8, 4) is 0 Å². The van der Waals surface area contributed by atoms with E-state index in [1.807, 2.05) is 30.3 Å². The summed E-state index contributed by atoms with van der Waals surface area (Å²) in [5.41, 5.74) is 0.835. The lowest BCUT2D eigenvalue weighted by atomic mass is 10.1. The average molecular weight is 393 g/mol. The summed E-state index contributed by atoms with van der Waals surface area (Å²) in [5, 5.41) is 2.95. The highest BCUT2D eigenvalue weighted by molar-refractivity contribution is 6.27. The Morgan fingerprint density at radius 3 is 2.48 bits per heavy atom. The van der Waals surface area contributed by atoms with E-state index < -0.39 is 0 Å². The molecular formula is C19H25ClN4O3. The third-order valence-corrected chi connectivity index (χ3v) is 5.36. The van der Waals surface area contributed by atoms with Gasteiger partial charge in [0.25, 0.3) is 0 Å². The molecule has 1 unspecified atom stereocenters. The number of nitrogens with zero attached hydrogens (tertiary/aromatic N) is 3. The number of halogens is 1. The number of carbonyl (C=O) groups excluding carboxylic acids is 3. The Morgan fingerprint density at radius 1 is 1.11 bits per heavy atom. The van der Waals surface area contributed by atoms with Gasteiger partial charge in [-0.05, 0) is 12.1 Å². The number of hydrogen-bond donors (Lipinski definition) is 1. The maximum absolute atomic E-state index is 12.4. The number of nitrogens with one attached hydrogen (secondary N) is 1. The Morgan fingerprint density at radius 2 is 1.81 bits per heavy atom. The second kappa shape index (κ2) is 9.19. The van der Waals surface area contributed by atoms with E-state index in [1.165, 1.54) is 0 Å². The van der Waals surface area contributed by atoms with Crippen LogP contribution in [-0.4, -0.2) is 79.2 Å². The van der Waals surface area contributed by atoms with E-state index in [9.17, 15) is 14.4 Å². The molecular weight excluding hydrogens is 368 g/mol. The van der Waals surface area contributed by atoms with E-state index in [2.05, 4.69) is 10.2 Å². The average Bonchev–Trinajstić information content (AvgIpc) is 3.10. The highest BCUT2D eigenvalue weighted by Crippen LogP contribution is 2.24. The molecule has 2 heterocycles. The van der Waals surface area contributed by atoms with Crippen LogP contribution in [0.15, 0.2) is 30.3 Å². The van der Waals surface area contributed by atoms with Gasteiger partial charge in [0, 0.05) is 57.9 Å². The summed E-state index contributed by atoms with van der Waals surface area (Å²) in [4.78, 5) is 41.9. The number of hydrogen-bond acceptors (Lipinski definition) is 4. The molecule has 1 N–H and O–H groups in total. The van der Waals surface area contributed by atoms with Crippen molar-refractivity contribution in [3.63, 3.8) is 0 Å². The third kappa shape index (κ3) is 4.99. The van der Waals surface area contributed by atoms with Crippen molar-refractivity contribution in [1.82, 2.24) is 15.1 Å². The van der Waals surface area contributed by atoms with E-state index in [-0.39, 0.29) is 35.9 Å². The largest absolute Gasteiger partial charge is 0.355 e. The van der Waals surface area contributed by atoms with E-state index >= 15 is 0 Å². The number of carbonyl (C=O) groups is 3. The van der Waals surface area contributed by atoms with Crippen molar-refractivity contribution in [2.45, 2.75) is 6.42 Å². The second-order valence-electron chi connectivity index (χ2n) is 6.89. The van der Waals surface area contributed by atoms with Gasteiger partial charge in [0.15, 0.2) is 0 Å². The van der Waals surface area contributed by atoms with Gasteiger partial charge >= 0.3 is 0 Å². The molecule has 2 aliphatic rings. The SMILES string of the molecule is O=C(NCCN1CCN(C(=O)CCl)CC1)C1CC(=O)N(c2ccccc2)C1. The van der Waals surface area contributed by atoms with E-state index in [4.69, 9.17) is 11.6 Å². The molecule has 27 heavy (non-hydrogen) atoms. The van der Waals surface area contributed by atoms with Gasteiger partial charge < -0.3 is 15.1 Å². The summed E-state index contributed by atoms with van der Waals surface area (Å²) in [6.07, 6.45) is 0.250. The first-order valence-corrected chi connectivity index (χ1v) is 9.81. The Balaban J connectivity index is 1.39. The van der Waals surface area contributed by atoms with Crippen LogP contribution in [0.25, 0.3) is 0 Å². The van der Waals surface area contributed by atoms with Gasteiger partial charge in [0.2, 0.25) is 17.7 Å². The minimum atomic E-state index is -0.309. The molecule has 0 aliphatic carbocycles. The van der Waals surface area contributed by atoms with Crippen molar-refractivity contribution in [2.24, 2.45) is 5.92 Å². The molecule has 0 spiro atoms. The van der Waals surface area contributed by atoms with Crippen LogP contribution < -0.4 is 10.2 Å². The van der Waals surface area contributed by atoms with Crippen molar-refractivity contribution < 1.29 is 14.4 Å². The molecule has 1 aromatic carbocycles. The number of alkyl halides is 1. The maximum atomic E-state index is 12.4. The molecule has 0 radical (unpaired) electrons. The number of rotatable bonds is 6. The van der Waals surface area contributed by atoms with Crippen LogP contribution in [0, 0.1) is 5.92 Å². The smallest absolute Gasteiger partial charge is 0.237 e. The summed E-state index contributed by atoms with van der Waals surface area (Å²) in [5.74, 6) is -0.399. The minimum Gasteiger partial charge on any atom is -0.355 e. The number of amides is 3. The zero-order chi connectivity index (χ0) is 19.2. The summed E-state index contributed by atoms with van der Waals surface area (Å²) in [7, 11) is 0. The normalized spacial score (nSPS) is 20.8. The first kappa shape index (κ1) is 19.6. The predicted molar refractivity (Wildman–Crippen MR) is 104 cm³/mol. The van der Waals surface area contributed by atoms with Gasteiger partial charge in [-0.2, -0.15) is 0 Å². The molecule has 3 amide bonds. The predicted octanol–water partition coefficient (Wildman–Crippen LogP) is 0.539. The molecule has 146 valence electrons. The van der Waals surface area contributed by atoms with Crippen LogP contribution in [0.2, 0.25) is 0 Å². The molecule has 0 bridgehead atoms. The van der Waals surface area contributed by atoms with Crippen LogP contribution in [0.1, 0.15) is 6.42 Å². The zero-order valence-electron chi connectivity index (χ0n) is 15.3. The zero-order valence-corrected chi connectivity index (χ0v) is 16.0. The Bertz CT molecular complexity index is 677. The van der Waals surface area contributed by atoms with Crippen LogP contribution >= 0.6 is 11.6 Å².